The first-order chi connectivity index (χ1) is 7.63. The molecule has 16 heavy (non-hydrogen) atoms. The Morgan fingerprint density at radius 2 is 1.69 bits per heavy atom. The van der Waals surface area contributed by atoms with Crippen molar-refractivity contribution in [3.05, 3.63) is 35.4 Å². The van der Waals surface area contributed by atoms with Gasteiger partial charge in [-0.05, 0) is 11.1 Å². The lowest BCUT2D eigenvalue weighted by Crippen LogP contribution is -2.31. The van der Waals surface area contributed by atoms with Gasteiger partial charge in [-0.15, -0.1) is 0 Å². The van der Waals surface area contributed by atoms with E-state index in [1.54, 1.807) is 24.3 Å². The molecular formula is C11H15F2NO2. The largest absolute Gasteiger partial charge is 0.392 e. The first-order valence-corrected chi connectivity index (χ1v) is 4.99. The van der Waals surface area contributed by atoms with Gasteiger partial charge in [-0.1, -0.05) is 24.3 Å². The van der Waals surface area contributed by atoms with Crippen LogP contribution in [0.1, 0.15) is 11.1 Å². The molecule has 0 fully saturated rings. The standard InChI is InChI=1S/C11H15F2NO2/c12-11(13)10(16)6-14-5-8-1-3-9(7-15)4-2-8/h1-4,10-11,14-16H,5-7H2. The summed E-state index contributed by atoms with van der Waals surface area (Å²) in [6, 6.07) is 7.13. The molecule has 0 aromatic heterocycles. The maximum absolute atomic E-state index is 11.9. The zero-order valence-corrected chi connectivity index (χ0v) is 8.74. The molecule has 3 nitrogen and oxygen atoms in total. The van der Waals surface area contributed by atoms with Crippen LogP contribution in [0.3, 0.4) is 0 Å². The summed E-state index contributed by atoms with van der Waals surface area (Å²) in [4.78, 5) is 0. The van der Waals surface area contributed by atoms with Crippen molar-refractivity contribution in [3.8, 4) is 0 Å². The molecule has 0 radical (unpaired) electrons. The van der Waals surface area contributed by atoms with Gasteiger partial charge in [-0.25, -0.2) is 8.78 Å². The minimum Gasteiger partial charge on any atom is -0.392 e. The third-order valence-corrected chi connectivity index (χ3v) is 2.18. The van der Waals surface area contributed by atoms with Crippen LogP contribution in [-0.4, -0.2) is 29.3 Å². The van der Waals surface area contributed by atoms with Crippen LogP contribution in [-0.2, 0) is 13.2 Å². The summed E-state index contributed by atoms with van der Waals surface area (Å²) in [5.41, 5.74) is 1.72. The molecule has 0 heterocycles. The smallest absolute Gasteiger partial charge is 0.265 e. The second-order valence-corrected chi connectivity index (χ2v) is 3.51. The van der Waals surface area contributed by atoms with E-state index in [-0.39, 0.29) is 13.2 Å². The van der Waals surface area contributed by atoms with Gasteiger partial charge in [-0.3, -0.25) is 0 Å². The van der Waals surface area contributed by atoms with Crippen molar-refractivity contribution in [2.45, 2.75) is 25.7 Å². The summed E-state index contributed by atoms with van der Waals surface area (Å²) in [6.45, 7) is 0.257. The highest BCUT2D eigenvalue weighted by molar-refractivity contribution is 5.21. The molecule has 1 atom stereocenters. The van der Waals surface area contributed by atoms with Gasteiger partial charge in [-0.2, -0.15) is 0 Å². The van der Waals surface area contributed by atoms with Gasteiger partial charge < -0.3 is 15.5 Å². The Morgan fingerprint density at radius 3 is 2.19 bits per heavy atom. The van der Waals surface area contributed by atoms with E-state index in [1.165, 1.54) is 0 Å². The van der Waals surface area contributed by atoms with Crippen molar-refractivity contribution in [1.82, 2.24) is 5.32 Å². The van der Waals surface area contributed by atoms with Crippen molar-refractivity contribution in [3.63, 3.8) is 0 Å². The quantitative estimate of drug-likeness (QED) is 0.681. The number of alkyl halides is 2. The van der Waals surface area contributed by atoms with Crippen LogP contribution in [0.4, 0.5) is 8.78 Å². The lowest BCUT2D eigenvalue weighted by atomic mass is 10.1. The van der Waals surface area contributed by atoms with Crippen LogP contribution >= 0.6 is 0 Å². The van der Waals surface area contributed by atoms with Crippen LogP contribution in [0.15, 0.2) is 24.3 Å². The molecule has 1 aromatic rings. The molecule has 1 unspecified atom stereocenters. The van der Waals surface area contributed by atoms with Crippen LogP contribution in [0.2, 0.25) is 0 Å². The summed E-state index contributed by atoms with van der Waals surface area (Å²) in [5, 5.41) is 20.4. The van der Waals surface area contributed by atoms with E-state index < -0.39 is 12.5 Å². The summed E-state index contributed by atoms with van der Waals surface area (Å²) in [6.07, 6.45) is -4.35. The third-order valence-electron chi connectivity index (χ3n) is 2.18. The topological polar surface area (TPSA) is 52.5 Å². The number of aliphatic hydroxyl groups excluding tert-OH is 2. The van der Waals surface area contributed by atoms with E-state index >= 15 is 0 Å². The van der Waals surface area contributed by atoms with Crippen LogP contribution < -0.4 is 5.32 Å². The monoisotopic (exact) mass is 231 g/mol. The molecule has 1 aromatic carbocycles. The molecule has 5 heteroatoms. The SMILES string of the molecule is OCc1ccc(CNCC(O)C(F)F)cc1. The molecule has 0 aliphatic heterocycles. The molecule has 1 rings (SSSR count). The molecule has 0 aliphatic rings. The Kier molecular flexibility index (Phi) is 5.31. The predicted octanol–water partition coefficient (Wildman–Crippen LogP) is 0.894. The van der Waals surface area contributed by atoms with Crippen molar-refractivity contribution in [1.29, 1.82) is 0 Å². The molecule has 0 saturated carbocycles. The van der Waals surface area contributed by atoms with E-state index in [9.17, 15) is 8.78 Å². The minimum absolute atomic E-state index is 0.0161. The molecule has 0 saturated heterocycles. The van der Waals surface area contributed by atoms with Crippen molar-refractivity contribution >= 4 is 0 Å². The lowest BCUT2D eigenvalue weighted by molar-refractivity contribution is -0.00340. The maximum atomic E-state index is 11.9. The first-order valence-electron chi connectivity index (χ1n) is 4.99. The Balaban J connectivity index is 2.31. The fourth-order valence-electron chi connectivity index (χ4n) is 1.22. The van der Waals surface area contributed by atoms with Crippen molar-refractivity contribution in [2.24, 2.45) is 0 Å². The van der Waals surface area contributed by atoms with Gasteiger partial charge in [0, 0.05) is 13.1 Å². The highest BCUT2D eigenvalue weighted by Gasteiger charge is 2.15. The minimum atomic E-state index is -2.72. The van der Waals surface area contributed by atoms with E-state index in [2.05, 4.69) is 5.32 Å². The Labute approximate surface area is 92.7 Å². The Hall–Kier alpha value is -1.04. The number of hydrogen-bond acceptors (Lipinski definition) is 3. The summed E-state index contributed by atoms with van der Waals surface area (Å²) < 4.78 is 23.9. The van der Waals surface area contributed by atoms with Crippen molar-refractivity contribution in [2.75, 3.05) is 6.54 Å². The highest BCUT2D eigenvalue weighted by Crippen LogP contribution is 2.04. The average molecular weight is 231 g/mol. The molecule has 3 N–H and O–H groups in total. The normalized spacial score (nSPS) is 13.1. The molecular weight excluding hydrogens is 216 g/mol. The highest BCUT2D eigenvalue weighted by atomic mass is 19.3. The maximum Gasteiger partial charge on any atom is 0.265 e. The fourth-order valence-corrected chi connectivity index (χ4v) is 1.22. The van der Waals surface area contributed by atoms with Crippen molar-refractivity contribution < 1.29 is 19.0 Å². The van der Waals surface area contributed by atoms with Gasteiger partial charge in [0.25, 0.3) is 6.43 Å². The zero-order chi connectivity index (χ0) is 12.0. The van der Waals surface area contributed by atoms with E-state index in [1.807, 2.05) is 0 Å². The molecule has 0 spiro atoms. The Bertz CT molecular complexity index is 303. The van der Waals surface area contributed by atoms with Gasteiger partial charge in [0.15, 0.2) is 0 Å². The number of aliphatic hydroxyl groups is 2. The van der Waals surface area contributed by atoms with Gasteiger partial charge in [0.2, 0.25) is 0 Å². The van der Waals surface area contributed by atoms with Gasteiger partial charge in [0.1, 0.15) is 6.10 Å². The summed E-state index contributed by atoms with van der Waals surface area (Å²) >= 11 is 0. The third kappa shape index (κ3) is 4.22. The zero-order valence-electron chi connectivity index (χ0n) is 8.74. The summed E-state index contributed by atoms with van der Waals surface area (Å²) in [5.74, 6) is 0. The molecule has 0 aliphatic carbocycles. The second kappa shape index (κ2) is 6.52. The number of rotatable bonds is 6. The number of benzene rings is 1. The predicted molar refractivity (Wildman–Crippen MR) is 56.1 cm³/mol. The van der Waals surface area contributed by atoms with Crippen LogP contribution in [0, 0.1) is 0 Å². The summed E-state index contributed by atoms with van der Waals surface area (Å²) in [7, 11) is 0. The first kappa shape index (κ1) is 13.0. The van der Waals surface area contributed by atoms with Gasteiger partial charge >= 0.3 is 0 Å². The van der Waals surface area contributed by atoms with E-state index in [0.29, 0.717) is 6.54 Å². The van der Waals surface area contributed by atoms with E-state index in [4.69, 9.17) is 10.2 Å². The lowest BCUT2D eigenvalue weighted by Gasteiger charge is -2.10. The van der Waals surface area contributed by atoms with E-state index in [0.717, 1.165) is 11.1 Å². The van der Waals surface area contributed by atoms with Crippen LogP contribution in [0.5, 0.6) is 0 Å². The molecule has 90 valence electrons. The average Bonchev–Trinajstić information content (AvgIpc) is 2.29. The number of nitrogens with one attached hydrogen (secondary N) is 1. The molecule has 0 bridgehead atoms. The number of halogens is 2. The number of hydrogen-bond donors (Lipinski definition) is 3. The fraction of sp³-hybridized carbons (Fsp3) is 0.455. The second-order valence-electron chi connectivity index (χ2n) is 3.51. The Morgan fingerprint density at radius 1 is 1.12 bits per heavy atom. The van der Waals surface area contributed by atoms with Crippen LogP contribution in [0.25, 0.3) is 0 Å². The molecule has 0 amide bonds. The van der Waals surface area contributed by atoms with Gasteiger partial charge in [0.05, 0.1) is 6.61 Å².